The van der Waals surface area contributed by atoms with Crippen LogP contribution in [0, 0.1) is 27.7 Å². The Labute approximate surface area is 237 Å². The van der Waals surface area contributed by atoms with Gasteiger partial charge in [0.05, 0.1) is 11.1 Å². The second-order valence-corrected chi connectivity index (χ2v) is 11.6. The molecule has 1 saturated carbocycles. The average Bonchev–Trinajstić information content (AvgIpc) is 2.93. The van der Waals surface area contributed by atoms with E-state index in [0.29, 0.717) is 11.1 Å². The van der Waals surface area contributed by atoms with E-state index in [-0.39, 0.29) is 23.2 Å². The topological polar surface area (TPSA) is 52.6 Å². The summed E-state index contributed by atoms with van der Waals surface area (Å²) < 4.78 is 13.8. The highest BCUT2D eigenvalue weighted by atomic mass is 127. The standard InChI is InChI=1S/C33H31IO4/c1-21-13-12-19-26(34)27(21)28-25-18-10-11-20-33(25,3)22(2)29(37-31(35)23-14-6-4-7-15-23)30(28)38-32(36)24-16-8-5-9-17-24/h4-20,22,25,28-30H,1-3H3. The van der Waals surface area contributed by atoms with Gasteiger partial charge in [-0.1, -0.05) is 86.7 Å². The fraction of sp³-hybridized carbons (Fsp3) is 0.273. The van der Waals surface area contributed by atoms with Crippen LogP contribution in [0.1, 0.15) is 51.6 Å². The maximum absolute atomic E-state index is 13.5. The van der Waals surface area contributed by atoms with Crippen LogP contribution in [0.25, 0.3) is 0 Å². The van der Waals surface area contributed by atoms with Gasteiger partial charge >= 0.3 is 11.9 Å². The first-order chi connectivity index (χ1) is 18.3. The van der Waals surface area contributed by atoms with Crippen molar-refractivity contribution in [3.05, 3.63) is 129 Å². The summed E-state index contributed by atoms with van der Waals surface area (Å²) in [7, 11) is 0. The van der Waals surface area contributed by atoms with Crippen LogP contribution in [0.5, 0.6) is 0 Å². The van der Waals surface area contributed by atoms with E-state index in [4.69, 9.17) is 9.47 Å². The number of hydrogen-bond donors (Lipinski definition) is 0. The molecule has 0 aromatic heterocycles. The molecule has 0 amide bonds. The molecule has 0 radical (unpaired) electrons. The highest BCUT2D eigenvalue weighted by molar-refractivity contribution is 14.1. The number of aryl methyl sites for hydroxylation is 1. The SMILES string of the molecule is Cc1cccc(I)c1C1C(OC(=O)c2ccccc2)C(OC(=O)c2ccccc2)C(C)C2(C)C=CC=CC12. The van der Waals surface area contributed by atoms with Crippen molar-refractivity contribution in [3.8, 4) is 0 Å². The first-order valence-corrected chi connectivity index (χ1v) is 14.0. The van der Waals surface area contributed by atoms with E-state index >= 15 is 0 Å². The predicted molar refractivity (Wildman–Crippen MR) is 157 cm³/mol. The van der Waals surface area contributed by atoms with E-state index in [0.717, 1.165) is 14.7 Å². The van der Waals surface area contributed by atoms with Gasteiger partial charge in [0.15, 0.2) is 0 Å². The van der Waals surface area contributed by atoms with E-state index < -0.39 is 24.1 Å². The molecule has 5 rings (SSSR count). The largest absolute Gasteiger partial charge is 0.454 e. The Bertz CT molecular complexity index is 1360. The molecule has 3 aromatic carbocycles. The lowest BCUT2D eigenvalue weighted by Crippen LogP contribution is -2.58. The molecule has 3 aromatic rings. The first kappa shape index (κ1) is 26.4. The smallest absolute Gasteiger partial charge is 0.338 e. The Hall–Kier alpha value is -3.19. The normalized spacial score (nSPS) is 27.8. The number of carbonyl (C=O) groups is 2. The summed E-state index contributed by atoms with van der Waals surface area (Å²) in [5.41, 5.74) is 2.88. The summed E-state index contributed by atoms with van der Waals surface area (Å²) in [6.07, 6.45) is 7.24. The van der Waals surface area contributed by atoms with Crippen LogP contribution in [-0.4, -0.2) is 24.1 Å². The fourth-order valence-corrected chi connectivity index (χ4v) is 7.02. The van der Waals surface area contributed by atoms with Crippen LogP contribution in [0.15, 0.2) is 103 Å². The van der Waals surface area contributed by atoms with E-state index in [1.807, 2.05) is 42.5 Å². The maximum Gasteiger partial charge on any atom is 0.338 e. The van der Waals surface area contributed by atoms with Crippen LogP contribution < -0.4 is 0 Å². The molecular weight excluding hydrogens is 587 g/mol. The van der Waals surface area contributed by atoms with Crippen molar-refractivity contribution in [2.45, 2.75) is 38.9 Å². The van der Waals surface area contributed by atoms with Crippen molar-refractivity contribution >= 4 is 34.5 Å². The Morgan fingerprint density at radius 2 is 1.37 bits per heavy atom. The fourth-order valence-electron chi connectivity index (χ4n) is 6.03. The second-order valence-electron chi connectivity index (χ2n) is 10.4. The zero-order valence-corrected chi connectivity index (χ0v) is 23.9. The van der Waals surface area contributed by atoms with E-state index in [2.05, 4.69) is 79.8 Å². The summed E-state index contributed by atoms with van der Waals surface area (Å²) in [5, 5.41) is 0. The summed E-state index contributed by atoms with van der Waals surface area (Å²) in [6, 6.07) is 24.2. The third-order valence-corrected chi connectivity index (χ3v) is 9.19. The van der Waals surface area contributed by atoms with Crippen molar-refractivity contribution in [3.63, 3.8) is 0 Å². The number of rotatable bonds is 5. The Balaban J connectivity index is 1.65. The number of fused-ring (bicyclic) bond motifs is 1. The molecule has 194 valence electrons. The lowest BCUT2D eigenvalue weighted by Gasteiger charge is -2.55. The number of ether oxygens (including phenoxy) is 2. The lowest BCUT2D eigenvalue weighted by molar-refractivity contribution is -0.121. The van der Waals surface area contributed by atoms with E-state index in [1.54, 1.807) is 24.3 Å². The molecule has 38 heavy (non-hydrogen) atoms. The molecule has 6 atom stereocenters. The van der Waals surface area contributed by atoms with Crippen molar-refractivity contribution in [1.82, 2.24) is 0 Å². The third kappa shape index (κ3) is 4.84. The molecule has 5 heteroatoms. The van der Waals surface area contributed by atoms with Crippen molar-refractivity contribution in [2.24, 2.45) is 17.3 Å². The minimum atomic E-state index is -0.686. The number of halogens is 1. The molecule has 2 aliphatic carbocycles. The van der Waals surface area contributed by atoms with Gasteiger partial charge in [0.1, 0.15) is 12.2 Å². The van der Waals surface area contributed by atoms with Crippen molar-refractivity contribution < 1.29 is 19.1 Å². The van der Waals surface area contributed by atoms with Gasteiger partial charge in [0.2, 0.25) is 0 Å². The minimum absolute atomic E-state index is 0.0392. The van der Waals surface area contributed by atoms with Crippen molar-refractivity contribution in [1.29, 1.82) is 0 Å². The Kier molecular flexibility index (Phi) is 7.57. The average molecular weight is 619 g/mol. The van der Waals surface area contributed by atoms with Gasteiger partial charge in [0, 0.05) is 15.4 Å². The van der Waals surface area contributed by atoms with Gasteiger partial charge in [-0.05, 0) is 82.3 Å². The van der Waals surface area contributed by atoms with E-state index in [9.17, 15) is 9.59 Å². The molecule has 6 unspecified atom stereocenters. The predicted octanol–water partition coefficient (Wildman–Crippen LogP) is 7.53. The first-order valence-electron chi connectivity index (χ1n) is 12.9. The molecule has 0 saturated heterocycles. The number of esters is 2. The van der Waals surface area contributed by atoms with Gasteiger partial charge in [-0.3, -0.25) is 0 Å². The Morgan fingerprint density at radius 1 is 0.789 bits per heavy atom. The van der Waals surface area contributed by atoms with Gasteiger partial charge in [-0.25, -0.2) is 9.59 Å². The van der Waals surface area contributed by atoms with Crippen LogP contribution in [-0.2, 0) is 9.47 Å². The number of allylic oxidation sites excluding steroid dienone is 4. The summed E-state index contributed by atoms with van der Waals surface area (Å²) in [4.78, 5) is 26.9. The van der Waals surface area contributed by atoms with Crippen LogP contribution in [0.2, 0.25) is 0 Å². The van der Waals surface area contributed by atoms with Crippen LogP contribution >= 0.6 is 22.6 Å². The zero-order chi connectivity index (χ0) is 26.9. The number of benzene rings is 3. The summed E-state index contributed by atoms with van der Waals surface area (Å²) in [5.74, 6) is -1.13. The van der Waals surface area contributed by atoms with Gasteiger partial charge < -0.3 is 9.47 Å². The van der Waals surface area contributed by atoms with Gasteiger partial charge in [-0.15, -0.1) is 0 Å². The molecule has 0 aliphatic heterocycles. The van der Waals surface area contributed by atoms with Gasteiger partial charge in [-0.2, -0.15) is 0 Å². The molecular formula is C33H31IO4. The van der Waals surface area contributed by atoms with Crippen LogP contribution in [0.4, 0.5) is 0 Å². The second kappa shape index (κ2) is 10.9. The molecule has 0 heterocycles. The number of hydrogen-bond acceptors (Lipinski definition) is 4. The Morgan fingerprint density at radius 3 is 1.95 bits per heavy atom. The summed E-state index contributed by atoms with van der Waals surface area (Å²) in [6.45, 7) is 6.41. The minimum Gasteiger partial charge on any atom is -0.454 e. The molecule has 0 spiro atoms. The maximum atomic E-state index is 13.5. The molecule has 2 aliphatic rings. The monoisotopic (exact) mass is 618 g/mol. The number of carbonyl (C=O) groups excluding carboxylic acids is 2. The molecule has 0 bridgehead atoms. The molecule has 1 fully saturated rings. The van der Waals surface area contributed by atoms with Crippen molar-refractivity contribution in [2.75, 3.05) is 0 Å². The van der Waals surface area contributed by atoms with E-state index in [1.165, 1.54) is 0 Å². The highest BCUT2D eigenvalue weighted by Crippen LogP contribution is 2.57. The highest BCUT2D eigenvalue weighted by Gasteiger charge is 2.57. The lowest BCUT2D eigenvalue weighted by atomic mass is 9.53. The summed E-state index contributed by atoms with van der Waals surface area (Å²) >= 11 is 2.37. The molecule has 4 nitrogen and oxygen atoms in total. The quantitative estimate of drug-likeness (QED) is 0.219. The third-order valence-electron chi connectivity index (χ3n) is 8.25. The van der Waals surface area contributed by atoms with Gasteiger partial charge in [0.25, 0.3) is 0 Å². The zero-order valence-electron chi connectivity index (χ0n) is 21.7. The van der Waals surface area contributed by atoms with Crippen LogP contribution in [0.3, 0.4) is 0 Å². The molecule has 0 N–H and O–H groups in total.